The van der Waals surface area contributed by atoms with Gasteiger partial charge in [-0.05, 0) is 32.0 Å². The molecule has 1 N–H and O–H groups in total. The minimum absolute atomic E-state index is 0.0535. The molecule has 2 amide bonds. The van der Waals surface area contributed by atoms with E-state index in [4.69, 9.17) is 4.74 Å². The predicted octanol–water partition coefficient (Wildman–Crippen LogP) is 2.48. The number of carbonyl (C=O) groups excluding carboxylic acids is 2. The van der Waals surface area contributed by atoms with Gasteiger partial charge < -0.3 is 19.9 Å². The first-order valence-corrected chi connectivity index (χ1v) is 9.47. The summed E-state index contributed by atoms with van der Waals surface area (Å²) >= 11 is 3.48. The molecular weight excluding hydrogens is 386 g/mol. The third-order valence-electron chi connectivity index (χ3n) is 4.72. The molecule has 0 aromatic heterocycles. The SMILES string of the molecule is CC(C)N1CC(C(=O)Nc2cc(Br)ccc2N2CCOCC2)CC1=O. The number of carbonyl (C=O) groups is 2. The second-order valence-corrected chi connectivity index (χ2v) is 7.71. The van der Waals surface area contributed by atoms with Gasteiger partial charge in [0.1, 0.15) is 0 Å². The Morgan fingerprint density at radius 3 is 2.68 bits per heavy atom. The van der Waals surface area contributed by atoms with Crippen LogP contribution < -0.4 is 10.2 Å². The van der Waals surface area contributed by atoms with Crippen LogP contribution in [0.5, 0.6) is 0 Å². The van der Waals surface area contributed by atoms with Crippen LogP contribution in [0.4, 0.5) is 11.4 Å². The molecule has 2 fully saturated rings. The molecule has 3 rings (SSSR count). The Morgan fingerprint density at radius 2 is 2.04 bits per heavy atom. The van der Waals surface area contributed by atoms with Gasteiger partial charge in [-0.2, -0.15) is 0 Å². The maximum atomic E-state index is 12.7. The molecule has 1 aromatic carbocycles. The van der Waals surface area contributed by atoms with Gasteiger partial charge in [0.05, 0.1) is 30.5 Å². The second kappa shape index (κ2) is 7.74. The summed E-state index contributed by atoms with van der Waals surface area (Å²) in [5, 5.41) is 3.04. The van der Waals surface area contributed by atoms with Crippen molar-refractivity contribution in [1.29, 1.82) is 0 Å². The number of rotatable bonds is 4. The zero-order valence-corrected chi connectivity index (χ0v) is 16.2. The van der Waals surface area contributed by atoms with E-state index < -0.39 is 0 Å². The molecule has 1 atom stereocenters. The van der Waals surface area contributed by atoms with Crippen LogP contribution in [0.3, 0.4) is 0 Å². The van der Waals surface area contributed by atoms with Gasteiger partial charge >= 0.3 is 0 Å². The number of benzene rings is 1. The third kappa shape index (κ3) is 4.15. The van der Waals surface area contributed by atoms with E-state index in [9.17, 15) is 9.59 Å². The van der Waals surface area contributed by atoms with E-state index in [1.54, 1.807) is 4.90 Å². The Balaban J connectivity index is 1.75. The van der Waals surface area contributed by atoms with Crippen LogP contribution in [0.25, 0.3) is 0 Å². The van der Waals surface area contributed by atoms with E-state index in [2.05, 4.69) is 26.1 Å². The lowest BCUT2D eigenvalue weighted by Crippen LogP contribution is -2.37. The molecule has 1 aromatic rings. The van der Waals surface area contributed by atoms with Crippen molar-refractivity contribution in [1.82, 2.24) is 4.90 Å². The number of anilines is 2. The standard InChI is InChI=1S/C18H24BrN3O3/c1-12(2)22-11-13(9-17(22)23)18(24)20-15-10-14(19)3-4-16(15)21-5-7-25-8-6-21/h3-4,10,12-13H,5-9,11H2,1-2H3,(H,20,24). The maximum Gasteiger partial charge on any atom is 0.229 e. The highest BCUT2D eigenvalue weighted by atomic mass is 79.9. The topological polar surface area (TPSA) is 61.9 Å². The molecule has 7 heteroatoms. The molecular formula is C18H24BrN3O3. The summed E-state index contributed by atoms with van der Waals surface area (Å²) in [5.74, 6) is -0.340. The molecule has 0 bridgehead atoms. The normalized spacial score (nSPS) is 21.1. The Morgan fingerprint density at radius 1 is 1.32 bits per heavy atom. The van der Waals surface area contributed by atoms with Crippen molar-refractivity contribution in [3.8, 4) is 0 Å². The van der Waals surface area contributed by atoms with Crippen molar-refractivity contribution < 1.29 is 14.3 Å². The zero-order valence-electron chi connectivity index (χ0n) is 14.6. The van der Waals surface area contributed by atoms with Crippen LogP contribution >= 0.6 is 15.9 Å². The van der Waals surface area contributed by atoms with Crippen molar-refractivity contribution in [3.63, 3.8) is 0 Å². The van der Waals surface area contributed by atoms with Crippen molar-refractivity contribution in [2.45, 2.75) is 26.3 Å². The summed E-state index contributed by atoms with van der Waals surface area (Å²) in [6.45, 7) is 7.41. The van der Waals surface area contributed by atoms with Crippen LogP contribution in [0.15, 0.2) is 22.7 Å². The molecule has 0 saturated carbocycles. The Labute approximate surface area is 156 Å². The van der Waals surface area contributed by atoms with Crippen LogP contribution in [-0.2, 0) is 14.3 Å². The van der Waals surface area contributed by atoms with E-state index in [1.807, 2.05) is 32.0 Å². The summed E-state index contributed by atoms with van der Waals surface area (Å²) in [6.07, 6.45) is 0.283. The van der Waals surface area contributed by atoms with E-state index in [-0.39, 0.29) is 30.2 Å². The van der Waals surface area contributed by atoms with Crippen LogP contribution in [0, 0.1) is 5.92 Å². The van der Waals surface area contributed by atoms with Crippen molar-refractivity contribution >= 4 is 39.1 Å². The fourth-order valence-electron chi connectivity index (χ4n) is 3.33. The number of hydrogen-bond acceptors (Lipinski definition) is 4. The molecule has 0 aliphatic carbocycles. The van der Waals surface area contributed by atoms with Crippen LogP contribution in [-0.4, -0.2) is 55.6 Å². The summed E-state index contributed by atoms with van der Waals surface area (Å²) in [5.41, 5.74) is 1.77. The van der Waals surface area contributed by atoms with Crippen molar-refractivity contribution in [3.05, 3.63) is 22.7 Å². The Kier molecular flexibility index (Phi) is 5.64. The molecule has 0 spiro atoms. The lowest BCUT2D eigenvalue weighted by molar-refractivity contribution is -0.129. The number of likely N-dealkylation sites (tertiary alicyclic amines) is 1. The molecule has 2 aliphatic rings. The smallest absolute Gasteiger partial charge is 0.229 e. The lowest BCUT2D eigenvalue weighted by atomic mass is 10.1. The van der Waals surface area contributed by atoms with Gasteiger partial charge in [-0.3, -0.25) is 9.59 Å². The van der Waals surface area contributed by atoms with Gasteiger partial charge in [-0.1, -0.05) is 15.9 Å². The van der Waals surface area contributed by atoms with Gasteiger partial charge in [-0.25, -0.2) is 0 Å². The Hall–Kier alpha value is -1.60. The van der Waals surface area contributed by atoms with Gasteiger partial charge in [-0.15, -0.1) is 0 Å². The van der Waals surface area contributed by atoms with E-state index in [0.717, 1.165) is 28.9 Å². The fourth-order valence-corrected chi connectivity index (χ4v) is 3.69. The summed E-state index contributed by atoms with van der Waals surface area (Å²) < 4.78 is 6.32. The lowest BCUT2D eigenvalue weighted by Gasteiger charge is -2.31. The highest BCUT2D eigenvalue weighted by Crippen LogP contribution is 2.31. The van der Waals surface area contributed by atoms with E-state index >= 15 is 0 Å². The maximum absolute atomic E-state index is 12.7. The first kappa shape index (κ1) is 18.2. The molecule has 136 valence electrons. The molecule has 2 aliphatic heterocycles. The number of nitrogens with one attached hydrogen (secondary N) is 1. The first-order chi connectivity index (χ1) is 12.0. The number of morpholine rings is 1. The largest absolute Gasteiger partial charge is 0.378 e. The number of amides is 2. The first-order valence-electron chi connectivity index (χ1n) is 8.68. The zero-order chi connectivity index (χ0) is 18.0. The monoisotopic (exact) mass is 409 g/mol. The Bertz CT molecular complexity index is 659. The molecule has 25 heavy (non-hydrogen) atoms. The summed E-state index contributed by atoms with van der Waals surface area (Å²) in [7, 11) is 0. The minimum atomic E-state index is -0.300. The molecule has 2 saturated heterocycles. The molecule has 6 nitrogen and oxygen atoms in total. The number of ether oxygens (including phenoxy) is 1. The van der Waals surface area contributed by atoms with Gasteiger partial charge in [0.15, 0.2) is 0 Å². The minimum Gasteiger partial charge on any atom is -0.378 e. The highest BCUT2D eigenvalue weighted by molar-refractivity contribution is 9.10. The fraction of sp³-hybridized carbons (Fsp3) is 0.556. The number of halogens is 1. The number of hydrogen-bond donors (Lipinski definition) is 1. The van der Waals surface area contributed by atoms with Gasteiger partial charge in [0.2, 0.25) is 11.8 Å². The summed E-state index contributed by atoms with van der Waals surface area (Å²) in [6, 6.07) is 6.02. The van der Waals surface area contributed by atoms with E-state index in [0.29, 0.717) is 19.8 Å². The molecule has 2 heterocycles. The predicted molar refractivity (Wildman–Crippen MR) is 101 cm³/mol. The quantitative estimate of drug-likeness (QED) is 0.829. The van der Waals surface area contributed by atoms with Crippen molar-refractivity contribution in [2.75, 3.05) is 43.1 Å². The van der Waals surface area contributed by atoms with Gasteiger partial charge in [0, 0.05) is 36.6 Å². The van der Waals surface area contributed by atoms with E-state index in [1.165, 1.54) is 0 Å². The second-order valence-electron chi connectivity index (χ2n) is 6.79. The van der Waals surface area contributed by atoms with Crippen LogP contribution in [0.2, 0.25) is 0 Å². The van der Waals surface area contributed by atoms with Crippen molar-refractivity contribution in [2.24, 2.45) is 5.92 Å². The number of nitrogens with zero attached hydrogens (tertiary/aromatic N) is 2. The molecule has 1 unspecified atom stereocenters. The average molecular weight is 410 g/mol. The summed E-state index contributed by atoms with van der Waals surface area (Å²) in [4.78, 5) is 28.8. The third-order valence-corrected chi connectivity index (χ3v) is 5.21. The van der Waals surface area contributed by atoms with Gasteiger partial charge in [0.25, 0.3) is 0 Å². The molecule has 0 radical (unpaired) electrons. The average Bonchev–Trinajstić information content (AvgIpc) is 2.98. The van der Waals surface area contributed by atoms with Crippen LogP contribution in [0.1, 0.15) is 20.3 Å². The highest BCUT2D eigenvalue weighted by Gasteiger charge is 2.35.